The van der Waals surface area contributed by atoms with E-state index in [0.717, 1.165) is 23.7 Å². The predicted molar refractivity (Wildman–Crippen MR) is 101 cm³/mol. The van der Waals surface area contributed by atoms with Crippen LogP contribution in [0.5, 0.6) is 0 Å². The van der Waals surface area contributed by atoms with Crippen LogP contribution in [-0.4, -0.2) is 38.4 Å². The molecule has 1 saturated carbocycles. The number of hydrogen-bond acceptors (Lipinski definition) is 6. The summed E-state index contributed by atoms with van der Waals surface area (Å²) in [5.74, 6) is 1.42. The number of benzene rings is 1. The highest BCUT2D eigenvalue weighted by molar-refractivity contribution is 6.31. The minimum absolute atomic E-state index is 0.0571. The maximum absolute atomic E-state index is 10.1. The molecule has 0 aliphatic heterocycles. The fourth-order valence-corrected chi connectivity index (χ4v) is 4.32. The first kappa shape index (κ1) is 17.5. The van der Waals surface area contributed by atoms with Crippen LogP contribution in [0.3, 0.4) is 0 Å². The van der Waals surface area contributed by atoms with E-state index >= 15 is 0 Å². The van der Waals surface area contributed by atoms with Crippen LogP contribution in [0, 0.1) is 5.92 Å². The Morgan fingerprint density at radius 1 is 1.12 bits per heavy atom. The zero-order valence-corrected chi connectivity index (χ0v) is 15.3. The minimum atomic E-state index is -0.791. The third-order valence-corrected chi connectivity index (χ3v) is 5.86. The molecular formula is C19H23ClN4O2. The van der Waals surface area contributed by atoms with Gasteiger partial charge < -0.3 is 20.8 Å². The summed E-state index contributed by atoms with van der Waals surface area (Å²) in [6.07, 6.45) is 2.62. The van der Waals surface area contributed by atoms with Crippen molar-refractivity contribution in [1.82, 2.24) is 9.97 Å². The average Bonchev–Trinajstić information content (AvgIpc) is 3.14. The molecule has 0 saturated heterocycles. The van der Waals surface area contributed by atoms with E-state index in [2.05, 4.69) is 26.7 Å². The molecule has 0 unspecified atom stereocenters. The Hall–Kier alpha value is -1.89. The molecule has 26 heavy (non-hydrogen) atoms. The monoisotopic (exact) mass is 374 g/mol. The van der Waals surface area contributed by atoms with Gasteiger partial charge in [0.15, 0.2) is 0 Å². The largest absolute Gasteiger partial charge is 0.390 e. The summed E-state index contributed by atoms with van der Waals surface area (Å²) in [5, 5.41) is 27.6. The summed E-state index contributed by atoms with van der Waals surface area (Å²) in [6.45, 7) is 1.94. The number of aliphatic hydroxyl groups excluding tert-OH is 2. The van der Waals surface area contributed by atoms with E-state index in [4.69, 9.17) is 11.6 Å². The Morgan fingerprint density at radius 2 is 1.88 bits per heavy atom. The van der Waals surface area contributed by atoms with Crippen LogP contribution in [0.2, 0.25) is 5.02 Å². The number of nitrogens with one attached hydrogen (secondary N) is 2. The molecule has 1 fully saturated rings. The Morgan fingerprint density at radius 3 is 2.62 bits per heavy atom. The number of aromatic nitrogens is 2. The zero-order chi connectivity index (χ0) is 18.3. The highest BCUT2D eigenvalue weighted by atomic mass is 35.5. The first-order chi connectivity index (χ1) is 12.5. The third-order valence-electron chi connectivity index (χ3n) is 5.51. The number of anilines is 2. The Bertz CT molecular complexity index is 803. The van der Waals surface area contributed by atoms with Crippen molar-refractivity contribution in [1.29, 1.82) is 0 Å². The highest BCUT2D eigenvalue weighted by Gasteiger charge is 2.39. The van der Waals surface area contributed by atoms with E-state index in [1.54, 1.807) is 0 Å². The van der Waals surface area contributed by atoms with Gasteiger partial charge in [-0.3, -0.25) is 0 Å². The van der Waals surface area contributed by atoms with E-state index in [1.807, 2.05) is 25.1 Å². The topological polar surface area (TPSA) is 90.3 Å². The molecule has 0 spiro atoms. The van der Waals surface area contributed by atoms with Crippen LogP contribution in [-0.2, 0) is 6.42 Å². The van der Waals surface area contributed by atoms with Crippen molar-refractivity contribution >= 4 is 23.2 Å². The molecule has 0 radical (unpaired) electrons. The Kier molecular flexibility index (Phi) is 4.73. The van der Waals surface area contributed by atoms with Crippen molar-refractivity contribution < 1.29 is 10.2 Å². The molecule has 4 rings (SSSR count). The van der Waals surface area contributed by atoms with Gasteiger partial charge in [0.05, 0.1) is 18.2 Å². The molecule has 2 aliphatic rings. The maximum atomic E-state index is 10.1. The number of nitrogens with zero attached hydrogens (tertiary/aromatic N) is 2. The van der Waals surface area contributed by atoms with Crippen LogP contribution in [0.4, 0.5) is 11.6 Å². The van der Waals surface area contributed by atoms with Gasteiger partial charge in [-0.05, 0) is 42.4 Å². The van der Waals surface area contributed by atoms with Crippen molar-refractivity contribution in [2.45, 2.75) is 50.5 Å². The SMILES string of the molecule is C[C@@H]1C[C@@H](Nc2cc(N[C@H]3CCc4c(Cl)cccc43)ncn2)[C@H](O)[C@@H]1O. The molecule has 4 N–H and O–H groups in total. The van der Waals surface area contributed by atoms with E-state index in [-0.39, 0.29) is 18.0 Å². The summed E-state index contributed by atoms with van der Waals surface area (Å²) < 4.78 is 0. The first-order valence-corrected chi connectivity index (χ1v) is 9.39. The summed E-state index contributed by atoms with van der Waals surface area (Å²) in [6, 6.07) is 7.80. The van der Waals surface area contributed by atoms with Gasteiger partial charge in [-0.1, -0.05) is 30.7 Å². The molecule has 0 amide bonds. The fraction of sp³-hybridized carbons (Fsp3) is 0.474. The molecular weight excluding hydrogens is 352 g/mol. The minimum Gasteiger partial charge on any atom is -0.390 e. The van der Waals surface area contributed by atoms with Gasteiger partial charge in [0.2, 0.25) is 0 Å². The van der Waals surface area contributed by atoms with Crippen molar-refractivity contribution in [3.05, 3.63) is 46.7 Å². The van der Waals surface area contributed by atoms with Crippen LogP contribution < -0.4 is 10.6 Å². The fourth-order valence-electron chi connectivity index (χ4n) is 4.04. The molecule has 1 aromatic heterocycles. The second-order valence-corrected chi connectivity index (χ2v) is 7.68. The van der Waals surface area contributed by atoms with Gasteiger partial charge in [0, 0.05) is 11.1 Å². The van der Waals surface area contributed by atoms with Crippen LogP contribution in [0.15, 0.2) is 30.6 Å². The van der Waals surface area contributed by atoms with Gasteiger partial charge in [0.25, 0.3) is 0 Å². The first-order valence-electron chi connectivity index (χ1n) is 9.01. The average molecular weight is 375 g/mol. The van der Waals surface area contributed by atoms with E-state index in [0.29, 0.717) is 12.2 Å². The smallest absolute Gasteiger partial charge is 0.131 e. The highest BCUT2D eigenvalue weighted by Crippen LogP contribution is 2.37. The molecule has 0 bridgehead atoms. The standard InChI is InChI=1S/C19H23ClN4O2/c1-10-7-15(19(26)18(10)25)24-17-8-16(21-9-22-17)23-14-6-5-11-12(14)3-2-4-13(11)20/h2-4,8-10,14-15,18-19,25-26H,5-7H2,1H3,(H2,21,22,23,24)/t10-,14+,15-,18-,19+/m1/s1. The van der Waals surface area contributed by atoms with Crippen molar-refractivity contribution in [2.75, 3.05) is 10.6 Å². The quantitative estimate of drug-likeness (QED) is 0.658. The normalized spacial score (nSPS) is 30.2. The second-order valence-electron chi connectivity index (χ2n) is 7.28. The molecule has 7 heteroatoms. The summed E-state index contributed by atoms with van der Waals surface area (Å²) >= 11 is 6.29. The van der Waals surface area contributed by atoms with E-state index in [9.17, 15) is 10.2 Å². The number of aliphatic hydroxyl groups is 2. The Labute approximate surface area is 157 Å². The lowest BCUT2D eigenvalue weighted by Crippen LogP contribution is -2.35. The maximum Gasteiger partial charge on any atom is 0.131 e. The molecule has 1 aromatic carbocycles. The van der Waals surface area contributed by atoms with Gasteiger partial charge in [-0.15, -0.1) is 0 Å². The zero-order valence-electron chi connectivity index (χ0n) is 14.6. The Balaban J connectivity index is 1.47. The molecule has 2 aliphatic carbocycles. The number of fused-ring (bicyclic) bond motifs is 1. The number of halogens is 1. The van der Waals surface area contributed by atoms with Gasteiger partial charge in [-0.2, -0.15) is 0 Å². The van der Waals surface area contributed by atoms with Gasteiger partial charge >= 0.3 is 0 Å². The lowest BCUT2D eigenvalue weighted by atomic mass is 10.1. The second kappa shape index (κ2) is 7.02. The van der Waals surface area contributed by atoms with Crippen LogP contribution >= 0.6 is 11.6 Å². The number of hydrogen-bond donors (Lipinski definition) is 4. The third kappa shape index (κ3) is 3.24. The van der Waals surface area contributed by atoms with Crippen LogP contribution in [0.25, 0.3) is 0 Å². The molecule has 5 atom stereocenters. The lowest BCUT2D eigenvalue weighted by molar-refractivity contribution is 0.0210. The summed E-state index contributed by atoms with van der Waals surface area (Å²) in [5.41, 5.74) is 2.42. The van der Waals surface area contributed by atoms with Crippen molar-refractivity contribution in [2.24, 2.45) is 5.92 Å². The van der Waals surface area contributed by atoms with Gasteiger partial charge in [0.1, 0.15) is 24.1 Å². The van der Waals surface area contributed by atoms with Crippen molar-refractivity contribution in [3.8, 4) is 0 Å². The molecule has 1 heterocycles. The molecule has 2 aromatic rings. The van der Waals surface area contributed by atoms with Crippen LogP contribution in [0.1, 0.15) is 36.9 Å². The van der Waals surface area contributed by atoms with Gasteiger partial charge in [-0.25, -0.2) is 9.97 Å². The molecule has 138 valence electrons. The molecule has 6 nitrogen and oxygen atoms in total. The summed E-state index contributed by atoms with van der Waals surface area (Å²) in [4.78, 5) is 8.56. The number of rotatable bonds is 4. The lowest BCUT2D eigenvalue weighted by Gasteiger charge is -2.19. The van der Waals surface area contributed by atoms with E-state index < -0.39 is 12.2 Å². The summed E-state index contributed by atoms with van der Waals surface area (Å²) in [7, 11) is 0. The van der Waals surface area contributed by atoms with Crippen molar-refractivity contribution in [3.63, 3.8) is 0 Å². The predicted octanol–water partition coefficient (Wildman–Crippen LogP) is 2.77. The van der Waals surface area contributed by atoms with E-state index in [1.165, 1.54) is 17.5 Å².